The third kappa shape index (κ3) is 1.85. The number of fused-ring (bicyclic) bond motifs is 1. The van der Waals surface area contributed by atoms with Gasteiger partial charge in [0.15, 0.2) is 5.58 Å². The molecule has 0 saturated carbocycles. The van der Waals surface area contributed by atoms with Crippen LogP contribution in [0.25, 0.3) is 11.1 Å². The monoisotopic (exact) mass is 270 g/mol. The summed E-state index contributed by atoms with van der Waals surface area (Å²) in [4.78, 5) is 4.18. The predicted octanol–water partition coefficient (Wildman–Crippen LogP) is 2.40. The molecule has 0 aliphatic carbocycles. The Morgan fingerprint density at radius 2 is 2.13 bits per heavy atom. The van der Waals surface area contributed by atoms with Crippen molar-refractivity contribution >= 4 is 32.7 Å². The number of hydrogen-bond donors (Lipinski definition) is 2. The molecule has 15 heavy (non-hydrogen) atoms. The molecule has 0 radical (unpaired) electrons. The number of aliphatic hydroxyl groups is 1. The highest BCUT2D eigenvalue weighted by Crippen LogP contribution is 2.30. The van der Waals surface area contributed by atoms with E-state index in [9.17, 15) is 5.11 Å². The van der Waals surface area contributed by atoms with Crippen molar-refractivity contribution in [2.45, 2.75) is 19.4 Å². The van der Waals surface area contributed by atoms with Gasteiger partial charge in [0.05, 0.1) is 5.69 Å². The zero-order valence-corrected chi connectivity index (χ0v) is 10.00. The van der Waals surface area contributed by atoms with Gasteiger partial charge in [0, 0.05) is 4.47 Å². The largest absolute Gasteiger partial charge is 0.435 e. The third-order valence-electron chi connectivity index (χ3n) is 2.01. The Balaban J connectivity index is 2.71. The van der Waals surface area contributed by atoms with Gasteiger partial charge in [-0.3, -0.25) is 0 Å². The van der Waals surface area contributed by atoms with Crippen LogP contribution in [0.3, 0.4) is 0 Å². The minimum Gasteiger partial charge on any atom is -0.435 e. The van der Waals surface area contributed by atoms with Crippen LogP contribution in [0, 0.1) is 0 Å². The first-order valence-electron chi connectivity index (χ1n) is 4.46. The zero-order chi connectivity index (χ0) is 11.2. The minimum atomic E-state index is -1.10. The molecule has 5 heteroatoms. The maximum atomic E-state index is 9.74. The molecule has 0 unspecified atom stereocenters. The molecule has 0 aliphatic heterocycles. The van der Waals surface area contributed by atoms with Gasteiger partial charge < -0.3 is 15.3 Å². The van der Waals surface area contributed by atoms with E-state index in [2.05, 4.69) is 20.9 Å². The molecule has 2 rings (SSSR count). The van der Waals surface area contributed by atoms with Gasteiger partial charge in [-0.1, -0.05) is 15.9 Å². The first kappa shape index (κ1) is 10.4. The number of nitrogens with zero attached hydrogens (tertiary/aromatic N) is 1. The first-order chi connectivity index (χ1) is 6.88. The van der Waals surface area contributed by atoms with Crippen molar-refractivity contribution in [3.8, 4) is 0 Å². The van der Waals surface area contributed by atoms with Gasteiger partial charge in [-0.05, 0) is 26.0 Å². The van der Waals surface area contributed by atoms with E-state index in [0.717, 1.165) is 4.47 Å². The number of nitrogens with two attached hydrogens (primary N) is 1. The number of aromatic nitrogens is 1. The Hall–Kier alpha value is -1.07. The van der Waals surface area contributed by atoms with Crippen molar-refractivity contribution in [2.24, 2.45) is 0 Å². The van der Waals surface area contributed by atoms with E-state index in [1.54, 1.807) is 26.0 Å². The van der Waals surface area contributed by atoms with Crippen molar-refractivity contribution in [3.63, 3.8) is 0 Å². The SMILES string of the molecule is CC(C)(O)c1nc2cc(Br)cc(N)c2o1. The normalized spacial score (nSPS) is 12.3. The van der Waals surface area contributed by atoms with Gasteiger partial charge >= 0.3 is 0 Å². The van der Waals surface area contributed by atoms with E-state index in [1.165, 1.54) is 0 Å². The molecule has 0 fully saturated rings. The molecule has 0 aliphatic rings. The van der Waals surface area contributed by atoms with E-state index < -0.39 is 5.60 Å². The molecular formula is C10H11BrN2O2. The highest BCUT2D eigenvalue weighted by molar-refractivity contribution is 9.10. The van der Waals surface area contributed by atoms with Crippen LogP contribution in [-0.2, 0) is 5.60 Å². The van der Waals surface area contributed by atoms with E-state index >= 15 is 0 Å². The molecular weight excluding hydrogens is 260 g/mol. The summed E-state index contributed by atoms with van der Waals surface area (Å²) in [6.07, 6.45) is 0. The summed E-state index contributed by atoms with van der Waals surface area (Å²) >= 11 is 3.32. The number of hydrogen-bond acceptors (Lipinski definition) is 4. The summed E-state index contributed by atoms with van der Waals surface area (Å²) in [5, 5.41) is 9.74. The highest BCUT2D eigenvalue weighted by atomic mass is 79.9. The highest BCUT2D eigenvalue weighted by Gasteiger charge is 2.23. The van der Waals surface area contributed by atoms with Crippen LogP contribution in [0.5, 0.6) is 0 Å². The molecule has 3 N–H and O–H groups in total. The predicted molar refractivity (Wildman–Crippen MR) is 61.4 cm³/mol. The van der Waals surface area contributed by atoms with Crippen LogP contribution >= 0.6 is 15.9 Å². The number of oxazole rings is 1. The average Bonchev–Trinajstić information content (AvgIpc) is 2.46. The van der Waals surface area contributed by atoms with E-state index in [-0.39, 0.29) is 5.89 Å². The average molecular weight is 271 g/mol. The van der Waals surface area contributed by atoms with Crippen molar-refractivity contribution in [3.05, 3.63) is 22.5 Å². The summed E-state index contributed by atoms with van der Waals surface area (Å²) in [5.41, 5.74) is 6.32. The van der Waals surface area contributed by atoms with Crippen LogP contribution in [0.2, 0.25) is 0 Å². The van der Waals surface area contributed by atoms with Gasteiger partial charge in [-0.2, -0.15) is 0 Å². The maximum Gasteiger partial charge on any atom is 0.227 e. The van der Waals surface area contributed by atoms with E-state index in [0.29, 0.717) is 16.8 Å². The number of rotatable bonds is 1. The lowest BCUT2D eigenvalue weighted by atomic mass is 10.1. The van der Waals surface area contributed by atoms with Crippen molar-refractivity contribution in [2.75, 3.05) is 5.73 Å². The lowest BCUT2D eigenvalue weighted by molar-refractivity contribution is 0.0501. The molecule has 2 aromatic rings. The summed E-state index contributed by atoms with van der Waals surface area (Å²) in [6.45, 7) is 3.23. The zero-order valence-electron chi connectivity index (χ0n) is 8.41. The Bertz CT molecular complexity index is 514. The lowest BCUT2D eigenvalue weighted by Crippen LogP contribution is -2.15. The van der Waals surface area contributed by atoms with Crippen LogP contribution in [-0.4, -0.2) is 10.1 Å². The lowest BCUT2D eigenvalue weighted by Gasteiger charge is -2.10. The second kappa shape index (κ2) is 3.21. The molecule has 0 atom stereocenters. The standard InChI is InChI=1S/C10H11BrN2O2/c1-10(2,14)9-13-7-4-5(11)3-6(12)8(7)15-9/h3-4,14H,12H2,1-2H3. The first-order valence-corrected chi connectivity index (χ1v) is 5.25. The summed E-state index contributed by atoms with van der Waals surface area (Å²) < 4.78 is 6.25. The van der Waals surface area contributed by atoms with Gasteiger partial charge in [0.1, 0.15) is 11.1 Å². The summed E-state index contributed by atoms with van der Waals surface area (Å²) in [5.74, 6) is 0.266. The van der Waals surface area contributed by atoms with Crippen LogP contribution < -0.4 is 5.73 Å². The third-order valence-corrected chi connectivity index (χ3v) is 2.46. The minimum absolute atomic E-state index is 0.266. The van der Waals surface area contributed by atoms with Crippen LogP contribution in [0.4, 0.5) is 5.69 Å². The van der Waals surface area contributed by atoms with E-state index in [4.69, 9.17) is 10.2 Å². The number of nitrogen functional groups attached to an aromatic ring is 1. The van der Waals surface area contributed by atoms with E-state index in [1.807, 2.05) is 0 Å². The van der Waals surface area contributed by atoms with Gasteiger partial charge in [-0.15, -0.1) is 0 Å². The quantitative estimate of drug-likeness (QED) is 0.781. The summed E-state index contributed by atoms with van der Waals surface area (Å²) in [7, 11) is 0. The van der Waals surface area contributed by atoms with Crippen molar-refractivity contribution in [1.82, 2.24) is 4.98 Å². The topological polar surface area (TPSA) is 72.3 Å². The smallest absolute Gasteiger partial charge is 0.227 e. The number of benzene rings is 1. The van der Waals surface area contributed by atoms with Crippen molar-refractivity contribution < 1.29 is 9.52 Å². The molecule has 0 bridgehead atoms. The molecule has 80 valence electrons. The second-order valence-corrected chi connectivity index (χ2v) is 4.84. The fourth-order valence-corrected chi connectivity index (χ4v) is 1.75. The fourth-order valence-electron chi connectivity index (χ4n) is 1.28. The van der Waals surface area contributed by atoms with Gasteiger partial charge in [-0.25, -0.2) is 4.98 Å². The molecule has 1 aromatic heterocycles. The molecule has 1 aromatic carbocycles. The molecule has 0 spiro atoms. The molecule has 0 amide bonds. The van der Waals surface area contributed by atoms with Gasteiger partial charge in [0.2, 0.25) is 5.89 Å². The Labute approximate surface area is 95.2 Å². The number of anilines is 1. The summed E-state index contributed by atoms with van der Waals surface area (Å²) in [6, 6.07) is 3.53. The molecule has 0 saturated heterocycles. The van der Waals surface area contributed by atoms with Crippen LogP contribution in [0.1, 0.15) is 19.7 Å². The Kier molecular flexibility index (Phi) is 2.24. The molecule has 4 nitrogen and oxygen atoms in total. The van der Waals surface area contributed by atoms with Crippen LogP contribution in [0.15, 0.2) is 21.0 Å². The Morgan fingerprint density at radius 3 is 2.73 bits per heavy atom. The Morgan fingerprint density at radius 1 is 1.47 bits per heavy atom. The van der Waals surface area contributed by atoms with Crippen molar-refractivity contribution in [1.29, 1.82) is 0 Å². The fraction of sp³-hybridized carbons (Fsp3) is 0.300. The number of halogens is 1. The second-order valence-electron chi connectivity index (χ2n) is 3.92. The maximum absolute atomic E-state index is 9.74. The molecule has 1 heterocycles. The van der Waals surface area contributed by atoms with Gasteiger partial charge in [0.25, 0.3) is 0 Å².